The zero-order chi connectivity index (χ0) is 21.3. The molecule has 4 rings (SSSR count). The van der Waals surface area contributed by atoms with E-state index in [1.165, 1.54) is 17.4 Å². The van der Waals surface area contributed by atoms with Crippen LogP contribution in [0.2, 0.25) is 0 Å². The summed E-state index contributed by atoms with van der Waals surface area (Å²) in [6, 6.07) is 10.2. The molecule has 0 aliphatic rings. The highest BCUT2D eigenvalue weighted by Crippen LogP contribution is 2.29. The lowest BCUT2D eigenvalue weighted by molar-refractivity contribution is -0.137. The molecule has 0 atom stereocenters. The van der Waals surface area contributed by atoms with Crippen LogP contribution in [-0.4, -0.2) is 27.0 Å². The molecule has 2 heterocycles. The van der Waals surface area contributed by atoms with Crippen molar-refractivity contribution >= 4 is 22.2 Å². The van der Waals surface area contributed by atoms with Crippen LogP contribution in [0.25, 0.3) is 16.3 Å². The number of thiazole rings is 1. The molecule has 0 radical (unpaired) electrons. The van der Waals surface area contributed by atoms with Crippen molar-refractivity contribution in [2.24, 2.45) is 0 Å². The lowest BCUT2D eigenvalue weighted by Gasteiger charge is -2.08. The molecule has 0 fully saturated rings. The van der Waals surface area contributed by atoms with E-state index < -0.39 is 23.5 Å². The van der Waals surface area contributed by atoms with Gasteiger partial charge in [-0.15, -0.1) is 16.4 Å². The Morgan fingerprint density at radius 1 is 1.10 bits per heavy atom. The van der Waals surface area contributed by atoms with Gasteiger partial charge in [0.1, 0.15) is 5.82 Å². The van der Waals surface area contributed by atoms with Gasteiger partial charge in [0.15, 0.2) is 5.82 Å². The minimum atomic E-state index is -4.45. The maximum Gasteiger partial charge on any atom is 0.416 e. The first-order valence-electron chi connectivity index (χ1n) is 8.86. The van der Waals surface area contributed by atoms with E-state index in [1.807, 2.05) is 5.38 Å². The van der Waals surface area contributed by atoms with Gasteiger partial charge in [-0.1, -0.05) is 12.1 Å². The minimum absolute atomic E-state index is 0.140. The fraction of sp³-hybridized carbons (Fsp3) is 0.150. The molecule has 0 unspecified atom stereocenters. The number of hydrogen-bond donors (Lipinski definition) is 1. The summed E-state index contributed by atoms with van der Waals surface area (Å²) in [5.41, 5.74) is 0.408. The summed E-state index contributed by atoms with van der Waals surface area (Å²) in [4.78, 5) is 17.1. The number of hydrogen-bond acceptors (Lipinski definition) is 4. The first kappa shape index (κ1) is 20.0. The van der Waals surface area contributed by atoms with Crippen LogP contribution in [0.1, 0.15) is 21.6 Å². The Morgan fingerprint density at radius 3 is 2.53 bits per heavy atom. The number of carbonyl (C=O) groups excluding carboxylic acids is 1. The van der Waals surface area contributed by atoms with Gasteiger partial charge in [-0.25, -0.2) is 8.91 Å². The number of nitrogens with one attached hydrogen (secondary N) is 1. The smallest absolute Gasteiger partial charge is 0.352 e. The lowest BCUT2D eigenvalue weighted by atomic mass is 10.1. The van der Waals surface area contributed by atoms with Gasteiger partial charge in [-0.05, 0) is 36.4 Å². The quantitative estimate of drug-likeness (QED) is 0.468. The summed E-state index contributed by atoms with van der Waals surface area (Å²) < 4.78 is 53.4. The topological polar surface area (TPSA) is 59.3 Å². The number of nitrogens with zero attached hydrogens (tertiary/aromatic N) is 3. The third-order valence-corrected chi connectivity index (χ3v) is 5.27. The molecule has 2 aromatic heterocycles. The van der Waals surface area contributed by atoms with Crippen molar-refractivity contribution in [3.05, 3.63) is 76.5 Å². The summed E-state index contributed by atoms with van der Waals surface area (Å²) >= 11 is 1.34. The average molecular weight is 434 g/mol. The summed E-state index contributed by atoms with van der Waals surface area (Å²) in [7, 11) is 0. The molecule has 10 heteroatoms. The van der Waals surface area contributed by atoms with Gasteiger partial charge >= 0.3 is 6.18 Å². The number of rotatable bonds is 5. The van der Waals surface area contributed by atoms with Crippen molar-refractivity contribution in [3.63, 3.8) is 0 Å². The Bertz CT molecular complexity index is 1200. The number of halogens is 4. The monoisotopic (exact) mass is 434 g/mol. The largest absolute Gasteiger partial charge is 0.416 e. The summed E-state index contributed by atoms with van der Waals surface area (Å²) in [6.45, 7) is 0.251. The maximum absolute atomic E-state index is 14.0. The van der Waals surface area contributed by atoms with Crippen molar-refractivity contribution in [1.29, 1.82) is 0 Å². The molecule has 1 N–H and O–H groups in total. The number of aromatic nitrogens is 3. The summed E-state index contributed by atoms with van der Waals surface area (Å²) in [5.74, 6) is -0.614. The SMILES string of the molecule is O=C(NCCc1csc2nc(-c3ccccc3F)nn12)c1ccc(C(F)(F)F)cc1. The number of carbonyl (C=O) groups is 1. The molecule has 1 amide bonds. The molecule has 154 valence electrons. The highest BCUT2D eigenvalue weighted by Gasteiger charge is 2.30. The average Bonchev–Trinajstić information content (AvgIpc) is 3.29. The third-order valence-electron chi connectivity index (χ3n) is 4.41. The first-order valence-corrected chi connectivity index (χ1v) is 9.74. The molecule has 0 bridgehead atoms. The maximum atomic E-state index is 14.0. The zero-order valence-corrected chi connectivity index (χ0v) is 16.1. The second kappa shape index (κ2) is 7.86. The van der Waals surface area contributed by atoms with Crippen molar-refractivity contribution < 1.29 is 22.4 Å². The first-order chi connectivity index (χ1) is 14.3. The number of benzene rings is 2. The fourth-order valence-corrected chi connectivity index (χ4v) is 3.73. The van der Waals surface area contributed by atoms with Gasteiger partial charge in [-0.2, -0.15) is 18.2 Å². The number of fused-ring (bicyclic) bond motifs is 1. The number of amides is 1. The lowest BCUT2D eigenvalue weighted by Crippen LogP contribution is -2.26. The van der Waals surface area contributed by atoms with E-state index in [4.69, 9.17) is 0 Å². The molecule has 0 spiro atoms. The molecule has 5 nitrogen and oxygen atoms in total. The van der Waals surface area contributed by atoms with Crippen LogP contribution in [0, 0.1) is 5.82 Å². The van der Waals surface area contributed by atoms with E-state index in [9.17, 15) is 22.4 Å². The summed E-state index contributed by atoms with van der Waals surface area (Å²) in [6.07, 6.45) is -4.02. The van der Waals surface area contributed by atoms with Crippen molar-refractivity contribution in [2.75, 3.05) is 6.54 Å². The van der Waals surface area contributed by atoms with E-state index in [0.717, 1.165) is 30.0 Å². The third kappa shape index (κ3) is 4.04. The van der Waals surface area contributed by atoms with Crippen molar-refractivity contribution in [1.82, 2.24) is 19.9 Å². The van der Waals surface area contributed by atoms with Crippen LogP contribution in [0.5, 0.6) is 0 Å². The standard InChI is InChI=1S/C20H14F4N4OS/c21-16-4-2-1-3-15(16)17-26-19-28(27-17)14(11-30-19)9-10-25-18(29)12-5-7-13(8-6-12)20(22,23)24/h1-8,11H,9-10H2,(H,25,29). The predicted octanol–water partition coefficient (Wildman–Crippen LogP) is 4.59. The van der Waals surface area contributed by atoms with Gasteiger partial charge < -0.3 is 5.32 Å². The Hall–Kier alpha value is -3.27. The van der Waals surface area contributed by atoms with E-state index in [1.54, 1.807) is 22.7 Å². The molecule has 0 aliphatic carbocycles. The van der Waals surface area contributed by atoms with Crippen LogP contribution in [-0.2, 0) is 12.6 Å². The minimum Gasteiger partial charge on any atom is -0.352 e. The Morgan fingerprint density at radius 2 is 1.83 bits per heavy atom. The zero-order valence-electron chi connectivity index (χ0n) is 15.3. The van der Waals surface area contributed by atoms with Gasteiger partial charge in [-0.3, -0.25) is 4.79 Å². The fourth-order valence-electron chi connectivity index (χ4n) is 2.87. The van der Waals surface area contributed by atoms with Gasteiger partial charge in [0, 0.05) is 23.9 Å². The van der Waals surface area contributed by atoms with E-state index in [2.05, 4.69) is 15.4 Å². The van der Waals surface area contributed by atoms with Crippen LogP contribution in [0.3, 0.4) is 0 Å². The molecule has 0 saturated heterocycles. The molecule has 2 aromatic carbocycles. The Labute approximate surface area is 172 Å². The molecule has 0 saturated carbocycles. The van der Waals surface area contributed by atoms with Crippen LogP contribution < -0.4 is 5.32 Å². The van der Waals surface area contributed by atoms with Crippen molar-refractivity contribution in [3.8, 4) is 11.4 Å². The van der Waals surface area contributed by atoms with Crippen LogP contribution in [0.15, 0.2) is 53.9 Å². The second-order valence-electron chi connectivity index (χ2n) is 6.42. The molecule has 4 aromatic rings. The Balaban J connectivity index is 1.42. The number of alkyl halides is 3. The van der Waals surface area contributed by atoms with Crippen LogP contribution in [0.4, 0.5) is 17.6 Å². The van der Waals surface area contributed by atoms with Crippen LogP contribution >= 0.6 is 11.3 Å². The van der Waals surface area contributed by atoms with Gasteiger partial charge in [0.25, 0.3) is 5.91 Å². The normalized spacial score (nSPS) is 11.7. The van der Waals surface area contributed by atoms with E-state index in [0.29, 0.717) is 16.9 Å². The molecular formula is C20H14F4N4OS. The molecule has 0 aliphatic heterocycles. The predicted molar refractivity (Wildman–Crippen MR) is 104 cm³/mol. The summed E-state index contributed by atoms with van der Waals surface area (Å²) in [5, 5.41) is 8.86. The molecular weight excluding hydrogens is 420 g/mol. The highest BCUT2D eigenvalue weighted by atomic mass is 32.1. The van der Waals surface area contributed by atoms with Gasteiger partial charge in [0.05, 0.1) is 16.8 Å². The Kier molecular flexibility index (Phi) is 5.25. The second-order valence-corrected chi connectivity index (χ2v) is 7.25. The highest BCUT2D eigenvalue weighted by molar-refractivity contribution is 7.15. The molecule has 30 heavy (non-hydrogen) atoms. The van der Waals surface area contributed by atoms with Crippen molar-refractivity contribution in [2.45, 2.75) is 12.6 Å². The van der Waals surface area contributed by atoms with Gasteiger partial charge in [0.2, 0.25) is 4.96 Å². The van der Waals surface area contributed by atoms with E-state index in [-0.39, 0.29) is 17.9 Å². The van der Waals surface area contributed by atoms with E-state index >= 15 is 0 Å².